The molecule has 12 heavy (non-hydrogen) atoms. The van der Waals surface area contributed by atoms with Gasteiger partial charge < -0.3 is 10.2 Å². The van der Waals surface area contributed by atoms with Gasteiger partial charge in [-0.1, -0.05) is 6.92 Å². The van der Waals surface area contributed by atoms with E-state index in [-0.39, 0.29) is 0 Å². The first-order chi connectivity index (χ1) is 5.86. The molecular formula is C10H22N2+2. The molecule has 0 radical (unpaired) electrons. The van der Waals surface area contributed by atoms with Gasteiger partial charge in [0.25, 0.3) is 0 Å². The molecule has 0 spiro atoms. The quantitative estimate of drug-likeness (QED) is 0.485. The van der Waals surface area contributed by atoms with Gasteiger partial charge in [-0.15, -0.1) is 0 Å². The Morgan fingerprint density at radius 3 is 2.50 bits per heavy atom. The molecule has 0 bridgehead atoms. The number of nitrogens with one attached hydrogen (secondary N) is 1. The van der Waals surface area contributed by atoms with E-state index in [0.717, 1.165) is 12.0 Å². The second-order valence-corrected chi connectivity index (χ2v) is 4.64. The highest BCUT2D eigenvalue weighted by Crippen LogP contribution is 2.07. The van der Waals surface area contributed by atoms with Gasteiger partial charge in [0.1, 0.15) is 12.6 Å². The predicted molar refractivity (Wildman–Crippen MR) is 49.2 cm³/mol. The van der Waals surface area contributed by atoms with Crippen molar-refractivity contribution in [3.05, 3.63) is 0 Å². The van der Waals surface area contributed by atoms with Crippen molar-refractivity contribution in [2.24, 2.45) is 5.92 Å². The van der Waals surface area contributed by atoms with E-state index in [2.05, 4.69) is 12.2 Å². The molecule has 0 unspecified atom stereocenters. The fraction of sp³-hybridized carbons (Fsp3) is 1.00. The Balaban J connectivity index is 1.80. The Kier molecular flexibility index (Phi) is 2.66. The molecule has 3 N–H and O–H groups in total. The highest BCUT2D eigenvalue weighted by molar-refractivity contribution is 4.62. The van der Waals surface area contributed by atoms with Crippen molar-refractivity contribution in [2.75, 3.05) is 26.2 Å². The maximum absolute atomic E-state index is 2.48. The van der Waals surface area contributed by atoms with Crippen LogP contribution in [0.4, 0.5) is 0 Å². The van der Waals surface area contributed by atoms with Crippen LogP contribution in [0.25, 0.3) is 0 Å². The van der Waals surface area contributed by atoms with Crippen LogP contribution in [0.2, 0.25) is 0 Å². The molecule has 0 amide bonds. The molecule has 70 valence electrons. The van der Waals surface area contributed by atoms with Crippen LogP contribution in [0.15, 0.2) is 0 Å². The second kappa shape index (κ2) is 3.75. The highest BCUT2D eigenvalue weighted by Gasteiger charge is 2.31. The van der Waals surface area contributed by atoms with Gasteiger partial charge in [-0.3, -0.25) is 0 Å². The fourth-order valence-electron chi connectivity index (χ4n) is 2.67. The van der Waals surface area contributed by atoms with Gasteiger partial charge in [-0.05, 0) is 18.8 Å². The van der Waals surface area contributed by atoms with E-state index in [0.29, 0.717) is 0 Å². The van der Waals surface area contributed by atoms with Crippen LogP contribution in [0.3, 0.4) is 0 Å². The van der Waals surface area contributed by atoms with Crippen LogP contribution >= 0.6 is 0 Å². The van der Waals surface area contributed by atoms with E-state index in [4.69, 9.17) is 0 Å². The van der Waals surface area contributed by atoms with E-state index < -0.39 is 0 Å². The van der Waals surface area contributed by atoms with Gasteiger partial charge >= 0.3 is 0 Å². The molecular weight excluding hydrogens is 148 g/mol. The maximum atomic E-state index is 2.48. The van der Waals surface area contributed by atoms with Gasteiger partial charge in [-0.25, -0.2) is 0 Å². The van der Waals surface area contributed by atoms with Crippen molar-refractivity contribution in [2.45, 2.75) is 32.2 Å². The van der Waals surface area contributed by atoms with Gasteiger partial charge in [0, 0.05) is 0 Å². The zero-order chi connectivity index (χ0) is 8.39. The molecule has 0 aromatic carbocycles. The predicted octanol–water partition coefficient (Wildman–Crippen LogP) is -1.36. The average Bonchev–Trinajstić information content (AvgIpc) is 2.58. The molecule has 1 atom stereocenters. The summed E-state index contributed by atoms with van der Waals surface area (Å²) in [5.74, 6) is 0.999. The Labute approximate surface area is 75.3 Å². The number of likely N-dealkylation sites (tertiary alicyclic amines) is 1. The summed E-state index contributed by atoms with van der Waals surface area (Å²) >= 11 is 0. The molecule has 2 aliphatic heterocycles. The Morgan fingerprint density at radius 2 is 1.92 bits per heavy atom. The van der Waals surface area contributed by atoms with E-state index >= 15 is 0 Å². The molecule has 2 nitrogen and oxygen atoms in total. The van der Waals surface area contributed by atoms with E-state index in [1.54, 1.807) is 0 Å². The molecule has 0 aromatic rings. The van der Waals surface area contributed by atoms with Crippen molar-refractivity contribution in [3.8, 4) is 0 Å². The number of hydrogen-bond acceptors (Lipinski definition) is 0. The van der Waals surface area contributed by atoms with Crippen LogP contribution in [-0.4, -0.2) is 32.2 Å². The number of nitrogens with two attached hydrogens (primary N) is 1. The summed E-state index contributed by atoms with van der Waals surface area (Å²) in [5, 5.41) is 2.48. The van der Waals surface area contributed by atoms with E-state index in [1.165, 1.54) is 45.4 Å². The number of piperidine rings is 1. The minimum atomic E-state index is 0.998. The van der Waals surface area contributed by atoms with Crippen LogP contribution in [-0.2, 0) is 0 Å². The zero-order valence-corrected chi connectivity index (χ0v) is 8.18. The number of quaternary nitrogens is 2. The SMILES string of the molecule is CC1CC[NH+]([C@@H]2CC[NH2+]C2)CC1. The fourth-order valence-corrected chi connectivity index (χ4v) is 2.67. The largest absolute Gasteiger partial charge is 0.341 e. The molecule has 2 saturated heterocycles. The monoisotopic (exact) mass is 170 g/mol. The van der Waals surface area contributed by atoms with E-state index in [9.17, 15) is 0 Å². The first-order valence-electron chi connectivity index (χ1n) is 5.52. The lowest BCUT2D eigenvalue weighted by Gasteiger charge is -2.30. The highest BCUT2D eigenvalue weighted by atomic mass is 15.2. The van der Waals surface area contributed by atoms with Crippen molar-refractivity contribution in [1.82, 2.24) is 0 Å². The van der Waals surface area contributed by atoms with E-state index in [1.807, 2.05) is 4.90 Å². The molecule has 2 fully saturated rings. The van der Waals surface area contributed by atoms with Gasteiger partial charge in [0.05, 0.1) is 26.1 Å². The average molecular weight is 170 g/mol. The molecule has 0 saturated carbocycles. The molecule has 0 aromatic heterocycles. The molecule has 2 heterocycles. The number of rotatable bonds is 1. The first-order valence-corrected chi connectivity index (χ1v) is 5.52. The summed E-state index contributed by atoms with van der Waals surface area (Å²) in [5.41, 5.74) is 0. The van der Waals surface area contributed by atoms with Crippen LogP contribution in [0, 0.1) is 5.92 Å². The first kappa shape index (κ1) is 8.52. The van der Waals surface area contributed by atoms with Crippen molar-refractivity contribution in [3.63, 3.8) is 0 Å². The number of hydrogen-bond donors (Lipinski definition) is 2. The lowest BCUT2D eigenvalue weighted by molar-refractivity contribution is -0.935. The van der Waals surface area contributed by atoms with Crippen LogP contribution < -0.4 is 10.2 Å². The summed E-state index contributed by atoms with van der Waals surface area (Å²) in [7, 11) is 0. The Hall–Kier alpha value is -0.0800. The summed E-state index contributed by atoms with van der Waals surface area (Å²) in [6, 6.07) is 0.998. The van der Waals surface area contributed by atoms with Gasteiger partial charge in [0.15, 0.2) is 0 Å². The lowest BCUT2D eigenvalue weighted by Crippen LogP contribution is -3.17. The minimum absolute atomic E-state index is 0.998. The molecule has 2 heteroatoms. The molecule has 2 rings (SSSR count). The third-order valence-corrected chi connectivity index (χ3v) is 3.66. The smallest absolute Gasteiger partial charge is 0.142 e. The minimum Gasteiger partial charge on any atom is -0.341 e. The summed E-state index contributed by atoms with van der Waals surface area (Å²) in [6.45, 7) is 8.06. The van der Waals surface area contributed by atoms with Gasteiger partial charge in [0.2, 0.25) is 0 Å². The third kappa shape index (κ3) is 1.80. The normalized spacial score (nSPS) is 43.2. The zero-order valence-electron chi connectivity index (χ0n) is 8.18. The maximum Gasteiger partial charge on any atom is 0.142 e. The summed E-state index contributed by atoms with van der Waals surface area (Å²) in [4.78, 5) is 1.90. The lowest BCUT2D eigenvalue weighted by atomic mass is 9.98. The van der Waals surface area contributed by atoms with Crippen molar-refractivity contribution < 1.29 is 10.2 Å². The topological polar surface area (TPSA) is 21.1 Å². The second-order valence-electron chi connectivity index (χ2n) is 4.64. The molecule has 0 aliphatic carbocycles. The van der Waals surface area contributed by atoms with Gasteiger partial charge in [-0.2, -0.15) is 0 Å². The summed E-state index contributed by atoms with van der Waals surface area (Å²) in [6.07, 6.45) is 4.39. The Morgan fingerprint density at radius 1 is 1.17 bits per heavy atom. The van der Waals surface area contributed by atoms with Crippen LogP contribution in [0.5, 0.6) is 0 Å². The van der Waals surface area contributed by atoms with Crippen molar-refractivity contribution in [1.29, 1.82) is 0 Å². The third-order valence-electron chi connectivity index (χ3n) is 3.66. The van der Waals surface area contributed by atoms with Crippen molar-refractivity contribution >= 4 is 0 Å². The molecule has 2 aliphatic rings. The standard InChI is InChI=1S/C10H20N2/c1-9-3-6-12(7-4-9)10-2-5-11-8-10/h9-11H,2-8H2,1H3/p+2/t10-/m1/s1. The van der Waals surface area contributed by atoms with Crippen LogP contribution in [0.1, 0.15) is 26.2 Å². The Bertz CT molecular complexity index is 133. The summed E-state index contributed by atoms with van der Waals surface area (Å²) < 4.78 is 0.